The quantitative estimate of drug-likeness (QED) is 0.647. The van der Waals surface area contributed by atoms with Crippen LogP contribution < -0.4 is 4.74 Å². The molecule has 1 amide bonds. The van der Waals surface area contributed by atoms with Crippen LogP contribution in [0, 0.1) is 0 Å². The minimum Gasteiger partial charge on any atom is -0.494 e. The Morgan fingerprint density at radius 1 is 1.20 bits per heavy atom. The summed E-state index contributed by atoms with van der Waals surface area (Å²) in [4.78, 5) is 19.2. The fraction of sp³-hybridized carbons (Fsp3) is 0.333. The number of hydrogen-bond acceptors (Lipinski definition) is 5. The van der Waals surface area contributed by atoms with Gasteiger partial charge in [-0.05, 0) is 29.8 Å². The third-order valence-electron chi connectivity index (χ3n) is 4.81. The van der Waals surface area contributed by atoms with E-state index in [1.165, 1.54) is 0 Å². The summed E-state index contributed by atoms with van der Waals surface area (Å²) in [5.74, 6) is 1.09. The van der Waals surface area contributed by atoms with E-state index >= 15 is 0 Å². The van der Waals surface area contributed by atoms with Crippen LogP contribution in [-0.4, -0.2) is 61.3 Å². The van der Waals surface area contributed by atoms with Gasteiger partial charge in [0.25, 0.3) is 5.91 Å². The molecular formula is C24H28N2O4. The largest absolute Gasteiger partial charge is 0.494 e. The molecule has 6 heteroatoms. The molecule has 0 aromatic heterocycles. The predicted molar refractivity (Wildman–Crippen MR) is 118 cm³/mol. The Hall–Kier alpha value is -3.12. The van der Waals surface area contributed by atoms with Gasteiger partial charge < -0.3 is 19.5 Å². The molecule has 2 aromatic rings. The third kappa shape index (κ3) is 5.27. The summed E-state index contributed by atoms with van der Waals surface area (Å²) in [6, 6.07) is 17.4. The van der Waals surface area contributed by atoms with Crippen LogP contribution in [0.3, 0.4) is 0 Å². The van der Waals surface area contributed by atoms with Gasteiger partial charge >= 0.3 is 0 Å². The Labute approximate surface area is 177 Å². The van der Waals surface area contributed by atoms with Crippen molar-refractivity contribution >= 4 is 17.9 Å². The minimum absolute atomic E-state index is 0.0841. The van der Waals surface area contributed by atoms with Crippen LogP contribution in [0.2, 0.25) is 0 Å². The van der Waals surface area contributed by atoms with Gasteiger partial charge in [-0.25, -0.2) is 4.99 Å². The average Bonchev–Trinajstić information content (AvgIpc) is 3.20. The summed E-state index contributed by atoms with van der Waals surface area (Å²) in [7, 11) is 3.47. The number of benzene rings is 2. The highest BCUT2D eigenvalue weighted by Crippen LogP contribution is 2.29. The number of nitrogens with zero attached hydrogens (tertiary/aromatic N) is 2. The minimum atomic E-state index is -0.972. The molecule has 0 radical (unpaired) electrons. The van der Waals surface area contributed by atoms with Gasteiger partial charge in [-0.15, -0.1) is 0 Å². The topological polar surface area (TPSA) is 71.4 Å². The molecule has 30 heavy (non-hydrogen) atoms. The zero-order valence-electron chi connectivity index (χ0n) is 17.5. The second-order valence-corrected chi connectivity index (χ2v) is 7.40. The molecule has 1 aliphatic rings. The fourth-order valence-corrected chi connectivity index (χ4v) is 3.21. The lowest BCUT2D eigenvalue weighted by molar-refractivity contribution is -0.134. The lowest BCUT2D eigenvalue weighted by Crippen LogP contribution is -2.45. The summed E-state index contributed by atoms with van der Waals surface area (Å²) in [6.07, 6.45) is 5.01. The van der Waals surface area contributed by atoms with Gasteiger partial charge in [0.15, 0.2) is 5.54 Å². The highest BCUT2D eigenvalue weighted by atomic mass is 16.5. The molecule has 1 atom stereocenters. The summed E-state index contributed by atoms with van der Waals surface area (Å²) < 4.78 is 11.4. The van der Waals surface area contributed by atoms with Crippen LogP contribution in [-0.2, 0) is 9.53 Å². The van der Waals surface area contributed by atoms with Crippen molar-refractivity contribution in [1.29, 1.82) is 0 Å². The third-order valence-corrected chi connectivity index (χ3v) is 4.81. The van der Waals surface area contributed by atoms with Gasteiger partial charge in [-0.1, -0.05) is 42.5 Å². The average molecular weight is 408 g/mol. The fourth-order valence-electron chi connectivity index (χ4n) is 3.21. The smallest absolute Gasteiger partial charge is 0.254 e. The van der Waals surface area contributed by atoms with Crippen LogP contribution in [0.5, 0.6) is 5.75 Å². The van der Waals surface area contributed by atoms with Crippen molar-refractivity contribution in [3.8, 4) is 5.75 Å². The van der Waals surface area contributed by atoms with E-state index in [-0.39, 0.29) is 19.1 Å². The van der Waals surface area contributed by atoms with E-state index in [2.05, 4.69) is 0 Å². The number of carbonyl (C=O) groups is 1. The standard InChI is InChI=1S/C24H28N2O4/c1-26(2)23(28)24(15-6-10-19-8-4-3-5-9-19)18-30-22(25-24)20-11-13-21(14-12-20)29-17-7-16-27/h3-6,8-14,27H,7,15-18H2,1-2H3/b10-6+/t24-/m1/s1. The highest BCUT2D eigenvalue weighted by Gasteiger charge is 2.44. The second-order valence-electron chi connectivity index (χ2n) is 7.40. The number of rotatable bonds is 9. The first-order valence-electron chi connectivity index (χ1n) is 10.0. The Morgan fingerprint density at radius 2 is 1.93 bits per heavy atom. The first kappa shape index (κ1) is 21.6. The maximum absolute atomic E-state index is 13.0. The van der Waals surface area contributed by atoms with Crippen LogP contribution in [0.1, 0.15) is 24.0 Å². The van der Waals surface area contributed by atoms with Crippen molar-refractivity contribution in [3.63, 3.8) is 0 Å². The molecular weight excluding hydrogens is 380 g/mol. The Morgan fingerprint density at radius 3 is 2.60 bits per heavy atom. The Bertz CT molecular complexity index is 891. The molecule has 3 rings (SSSR count). The van der Waals surface area contributed by atoms with Crippen LogP contribution >= 0.6 is 0 Å². The molecule has 1 aliphatic heterocycles. The van der Waals surface area contributed by atoms with Crippen LogP contribution in [0.4, 0.5) is 0 Å². The summed E-state index contributed by atoms with van der Waals surface area (Å²) in [5.41, 5.74) is 0.898. The van der Waals surface area contributed by atoms with Gasteiger partial charge in [-0.3, -0.25) is 4.79 Å². The van der Waals surface area contributed by atoms with Crippen LogP contribution in [0.15, 0.2) is 65.7 Å². The van der Waals surface area contributed by atoms with Crippen molar-refractivity contribution < 1.29 is 19.4 Å². The maximum atomic E-state index is 13.0. The van der Waals surface area contributed by atoms with Crippen molar-refractivity contribution in [2.24, 2.45) is 4.99 Å². The van der Waals surface area contributed by atoms with Gasteiger partial charge in [0, 0.05) is 39.1 Å². The number of hydrogen-bond donors (Lipinski definition) is 1. The molecule has 0 bridgehead atoms. The summed E-state index contributed by atoms with van der Waals surface area (Å²) in [6.45, 7) is 0.762. The SMILES string of the molecule is CN(C)C(=O)[C@@]1(C/C=C/c2ccccc2)COC(c2ccc(OCCCO)cc2)=N1. The van der Waals surface area contributed by atoms with E-state index in [9.17, 15) is 4.79 Å². The molecule has 0 saturated carbocycles. The van der Waals surface area contributed by atoms with E-state index in [0.29, 0.717) is 31.1 Å². The van der Waals surface area contributed by atoms with E-state index in [4.69, 9.17) is 19.6 Å². The van der Waals surface area contributed by atoms with Crippen LogP contribution in [0.25, 0.3) is 6.08 Å². The monoisotopic (exact) mass is 408 g/mol. The molecule has 6 nitrogen and oxygen atoms in total. The van der Waals surface area contributed by atoms with Crippen molar-refractivity contribution in [2.45, 2.75) is 18.4 Å². The second kappa shape index (κ2) is 10.1. The molecule has 158 valence electrons. The number of aliphatic hydroxyl groups is 1. The molecule has 0 spiro atoms. The predicted octanol–water partition coefficient (Wildman–Crippen LogP) is 3.16. The zero-order valence-corrected chi connectivity index (χ0v) is 17.5. The van der Waals surface area contributed by atoms with Gasteiger partial charge in [-0.2, -0.15) is 0 Å². The van der Waals surface area contributed by atoms with E-state index in [1.54, 1.807) is 19.0 Å². The van der Waals surface area contributed by atoms with E-state index < -0.39 is 5.54 Å². The molecule has 0 aliphatic carbocycles. The Kier molecular flexibility index (Phi) is 7.25. The lowest BCUT2D eigenvalue weighted by Gasteiger charge is -2.25. The number of amides is 1. The molecule has 0 fully saturated rings. The summed E-state index contributed by atoms with van der Waals surface area (Å²) >= 11 is 0. The number of aliphatic imine (C=N–C) groups is 1. The normalized spacial score (nSPS) is 18.2. The summed E-state index contributed by atoms with van der Waals surface area (Å²) in [5, 5.41) is 8.84. The molecule has 0 saturated heterocycles. The lowest BCUT2D eigenvalue weighted by atomic mass is 9.95. The molecule has 0 unspecified atom stereocenters. The molecule has 2 aromatic carbocycles. The number of carbonyl (C=O) groups excluding carboxylic acids is 1. The van der Waals surface area contributed by atoms with E-state index in [0.717, 1.165) is 11.1 Å². The Balaban J connectivity index is 1.77. The van der Waals surface area contributed by atoms with Gasteiger partial charge in [0.05, 0.1) is 6.61 Å². The van der Waals surface area contributed by atoms with Gasteiger partial charge in [0.1, 0.15) is 12.4 Å². The first-order chi connectivity index (χ1) is 14.5. The first-order valence-corrected chi connectivity index (χ1v) is 10.0. The van der Waals surface area contributed by atoms with Crippen molar-refractivity contribution in [1.82, 2.24) is 4.90 Å². The molecule has 1 N–H and O–H groups in total. The maximum Gasteiger partial charge on any atom is 0.254 e. The van der Waals surface area contributed by atoms with Gasteiger partial charge in [0.2, 0.25) is 5.90 Å². The number of ether oxygens (including phenoxy) is 2. The number of aliphatic hydroxyl groups excluding tert-OH is 1. The van der Waals surface area contributed by atoms with Crippen molar-refractivity contribution in [3.05, 3.63) is 71.8 Å². The van der Waals surface area contributed by atoms with Crippen molar-refractivity contribution in [2.75, 3.05) is 33.9 Å². The molecule has 1 heterocycles. The zero-order chi connectivity index (χ0) is 21.4. The van der Waals surface area contributed by atoms with E-state index in [1.807, 2.05) is 66.7 Å². The highest BCUT2D eigenvalue weighted by molar-refractivity contribution is 6.00. The number of likely N-dealkylation sites (N-methyl/N-ethyl adjacent to an activating group) is 1.